The van der Waals surface area contributed by atoms with Gasteiger partial charge >= 0.3 is 0 Å². The monoisotopic (exact) mass is 538 g/mol. The van der Waals surface area contributed by atoms with Gasteiger partial charge in [-0.1, -0.05) is 18.2 Å². The molecule has 1 fully saturated rings. The highest BCUT2D eigenvalue weighted by molar-refractivity contribution is 8.00. The standard InChI is InChI=1S/C27H26N2O8S/c1-36-12-8-14(37-2)18-15(9-12)38-16-10-13-17(22(30)19(16)24(18)32)23(31)20(26(28)34)25(33)21(13)29-27(35)11-6-4-3-5-7-11/h3-9,13,16-17,19,21-22,30,33H,10H2,1-2H3,(H2,28,34)(H,29,35). The number of Topliss-reactive ketones (excluding diaryl/α,β-unsaturated/α-hetero) is 2. The van der Waals surface area contributed by atoms with Crippen LogP contribution in [0.25, 0.3) is 0 Å². The third kappa shape index (κ3) is 4.02. The Morgan fingerprint density at radius 1 is 1.05 bits per heavy atom. The van der Waals surface area contributed by atoms with Gasteiger partial charge in [-0.15, -0.1) is 11.8 Å². The number of rotatable bonds is 5. The molecular weight excluding hydrogens is 512 g/mol. The normalized spacial score (nSPS) is 28.1. The fourth-order valence-electron chi connectivity index (χ4n) is 5.79. The highest BCUT2D eigenvalue weighted by atomic mass is 32.2. The molecule has 5 N–H and O–H groups in total. The van der Waals surface area contributed by atoms with E-state index in [0.29, 0.717) is 16.2 Å². The van der Waals surface area contributed by atoms with Crippen LogP contribution in [0.3, 0.4) is 0 Å². The molecule has 38 heavy (non-hydrogen) atoms. The molecule has 3 aliphatic rings. The Balaban J connectivity index is 1.57. The second kappa shape index (κ2) is 9.80. The minimum Gasteiger partial charge on any atom is -0.509 e. The maximum atomic E-state index is 13.7. The summed E-state index contributed by atoms with van der Waals surface area (Å²) in [6.07, 6.45) is -1.31. The number of methoxy groups -OCH3 is 2. The van der Waals surface area contributed by atoms with Gasteiger partial charge in [-0.2, -0.15) is 0 Å². The van der Waals surface area contributed by atoms with Crippen molar-refractivity contribution >= 4 is 35.1 Å². The molecule has 2 aromatic carbocycles. The summed E-state index contributed by atoms with van der Waals surface area (Å²) in [6.45, 7) is 0. The summed E-state index contributed by atoms with van der Waals surface area (Å²) in [5, 5.41) is 24.7. The summed E-state index contributed by atoms with van der Waals surface area (Å²) in [5.74, 6) is -5.87. The topological polar surface area (TPSA) is 165 Å². The van der Waals surface area contributed by atoms with E-state index in [0.717, 1.165) is 0 Å². The number of benzene rings is 2. The van der Waals surface area contributed by atoms with Gasteiger partial charge in [0.1, 0.15) is 22.8 Å². The molecule has 6 atom stereocenters. The van der Waals surface area contributed by atoms with Gasteiger partial charge in [0.25, 0.3) is 11.8 Å². The zero-order chi connectivity index (χ0) is 27.3. The molecule has 0 saturated heterocycles. The molecule has 198 valence electrons. The van der Waals surface area contributed by atoms with Gasteiger partial charge in [0.05, 0.1) is 43.8 Å². The molecule has 0 radical (unpaired) electrons. The molecule has 1 aliphatic heterocycles. The van der Waals surface area contributed by atoms with Crippen LogP contribution in [0.1, 0.15) is 27.1 Å². The Bertz CT molecular complexity index is 1370. The number of aliphatic hydroxyl groups excluding tert-OH is 2. The number of primary amides is 1. The van der Waals surface area contributed by atoms with Crippen LogP contribution in [0.5, 0.6) is 11.5 Å². The van der Waals surface area contributed by atoms with Gasteiger partial charge in [-0.3, -0.25) is 19.2 Å². The fourth-order valence-corrected chi connectivity index (χ4v) is 7.37. The lowest BCUT2D eigenvalue weighted by Gasteiger charge is -2.49. The smallest absolute Gasteiger partial charge is 0.255 e. The number of carbonyl (C=O) groups excluding carboxylic acids is 4. The Morgan fingerprint density at radius 2 is 1.76 bits per heavy atom. The van der Waals surface area contributed by atoms with Crippen LogP contribution >= 0.6 is 11.8 Å². The first-order valence-electron chi connectivity index (χ1n) is 12.0. The number of ether oxygens (including phenoxy) is 2. The molecule has 0 spiro atoms. The van der Waals surface area contributed by atoms with Crippen molar-refractivity contribution in [2.45, 2.75) is 28.7 Å². The summed E-state index contributed by atoms with van der Waals surface area (Å²) >= 11 is 1.34. The number of hydrogen-bond donors (Lipinski definition) is 4. The maximum Gasteiger partial charge on any atom is 0.255 e. The van der Waals surface area contributed by atoms with Gasteiger partial charge in [0.2, 0.25) is 0 Å². The lowest BCUT2D eigenvalue weighted by Crippen LogP contribution is -2.61. The molecule has 2 aliphatic carbocycles. The van der Waals surface area contributed by atoms with E-state index in [2.05, 4.69) is 5.32 Å². The van der Waals surface area contributed by atoms with Crippen LogP contribution in [-0.4, -0.2) is 65.2 Å². The van der Waals surface area contributed by atoms with E-state index in [4.69, 9.17) is 15.2 Å². The molecule has 5 rings (SSSR count). The number of fused-ring (bicyclic) bond motifs is 3. The predicted octanol–water partition coefficient (Wildman–Crippen LogP) is 1.65. The van der Waals surface area contributed by atoms with Crippen molar-refractivity contribution in [2.24, 2.45) is 23.5 Å². The van der Waals surface area contributed by atoms with Crippen molar-refractivity contribution in [2.75, 3.05) is 14.2 Å². The van der Waals surface area contributed by atoms with Crippen LogP contribution in [-0.2, 0) is 9.59 Å². The lowest BCUT2D eigenvalue weighted by molar-refractivity contribution is -0.133. The van der Waals surface area contributed by atoms with Crippen LogP contribution in [0, 0.1) is 17.8 Å². The van der Waals surface area contributed by atoms with Crippen molar-refractivity contribution in [3.8, 4) is 11.5 Å². The summed E-state index contributed by atoms with van der Waals surface area (Å²) < 4.78 is 10.8. The number of thioether (sulfide) groups is 1. The molecule has 6 unspecified atom stereocenters. The zero-order valence-electron chi connectivity index (χ0n) is 20.5. The second-order valence-electron chi connectivity index (χ2n) is 9.47. The van der Waals surface area contributed by atoms with E-state index < -0.39 is 69.9 Å². The number of nitrogens with one attached hydrogen (secondary N) is 1. The maximum absolute atomic E-state index is 13.7. The quantitative estimate of drug-likeness (QED) is 0.414. The van der Waals surface area contributed by atoms with E-state index in [1.54, 1.807) is 42.5 Å². The Kier molecular flexibility index (Phi) is 6.66. The van der Waals surface area contributed by atoms with Gasteiger partial charge < -0.3 is 30.7 Å². The van der Waals surface area contributed by atoms with Gasteiger partial charge in [-0.25, -0.2) is 0 Å². The van der Waals surface area contributed by atoms with E-state index in [-0.39, 0.29) is 17.7 Å². The Morgan fingerprint density at radius 3 is 2.39 bits per heavy atom. The molecular formula is C27H26N2O8S. The number of hydrogen-bond acceptors (Lipinski definition) is 9. The number of amides is 2. The van der Waals surface area contributed by atoms with Crippen LogP contribution in [0.2, 0.25) is 0 Å². The summed E-state index contributed by atoms with van der Waals surface area (Å²) in [5.41, 5.74) is 5.34. The van der Waals surface area contributed by atoms with E-state index >= 15 is 0 Å². The molecule has 11 heteroatoms. The minimum atomic E-state index is -1.50. The SMILES string of the molecule is COc1cc(OC)c2c(c1)SC1CC3C(NC(=O)c4ccccc4)C(O)=C(C(N)=O)C(=O)C3C(O)C1C2=O. The third-order valence-electron chi connectivity index (χ3n) is 7.52. The number of aliphatic hydroxyl groups is 2. The average Bonchev–Trinajstić information content (AvgIpc) is 2.90. The first-order chi connectivity index (χ1) is 18.2. The predicted molar refractivity (Wildman–Crippen MR) is 136 cm³/mol. The second-order valence-corrected chi connectivity index (χ2v) is 10.8. The number of nitrogens with two attached hydrogens (primary N) is 1. The van der Waals surface area contributed by atoms with Crippen LogP contribution < -0.4 is 20.5 Å². The van der Waals surface area contributed by atoms with Gasteiger partial charge in [0, 0.05) is 27.7 Å². The molecule has 0 bridgehead atoms. The van der Waals surface area contributed by atoms with Crippen molar-refractivity contribution in [1.29, 1.82) is 0 Å². The van der Waals surface area contributed by atoms with E-state index in [9.17, 15) is 29.4 Å². The average molecular weight is 539 g/mol. The minimum absolute atomic E-state index is 0.184. The zero-order valence-corrected chi connectivity index (χ0v) is 21.4. The van der Waals surface area contributed by atoms with Gasteiger partial charge in [-0.05, 0) is 24.6 Å². The van der Waals surface area contributed by atoms with Gasteiger partial charge in [0.15, 0.2) is 11.6 Å². The largest absolute Gasteiger partial charge is 0.509 e. The summed E-state index contributed by atoms with van der Waals surface area (Å²) in [4.78, 5) is 52.9. The molecule has 2 amide bonds. The van der Waals surface area contributed by atoms with Crippen LogP contribution in [0.15, 0.2) is 58.7 Å². The molecule has 1 heterocycles. The summed E-state index contributed by atoms with van der Waals surface area (Å²) in [7, 11) is 2.91. The number of carbonyl (C=O) groups is 4. The molecule has 0 aromatic heterocycles. The van der Waals surface area contributed by atoms with Crippen molar-refractivity contribution < 1.29 is 38.9 Å². The lowest BCUT2D eigenvalue weighted by atomic mass is 9.61. The molecule has 1 saturated carbocycles. The fraction of sp³-hybridized carbons (Fsp3) is 0.333. The van der Waals surface area contributed by atoms with E-state index in [1.807, 2.05) is 0 Å². The Labute approximate surface area is 222 Å². The number of ketones is 2. The highest BCUT2D eigenvalue weighted by Crippen LogP contribution is 2.53. The summed E-state index contributed by atoms with van der Waals surface area (Å²) in [6, 6.07) is 10.3. The first-order valence-corrected chi connectivity index (χ1v) is 12.8. The third-order valence-corrected chi connectivity index (χ3v) is 8.89. The van der Waals surface area contributed by atoms with E-state index in [1.165, 1.54) is 26.0 Å². The Hall–Kier alpha value is -3.83. The van der Waals surface area contributed by atoms with Crippen LogP contribution in [0.4, 0.5) is 0 Å². The first kappa shape index (κ1) is 25.8. The van der Waals surface area contributed by atoms with Crippen molar-refractivity contribution in [3.63, 3.8) is 0 Å². The molecule has 10 nitrogen and oxygen atoms in total. The van der Waals surface area contributed by atoms with Crippen molar-refractivity contribution in [1.82, 2.24) is 5.32 Å². The highest BCUT2D eigenvalue weighted by Gasteiger charge is 2.58. The van der Waals surface area contributed by atoms with Crippen molar-refractivity contribution in [3.05, 3.63) is 64.9 Å². The molecule has 2 aromatic rings.